The molecule has 8 heteroatoms. The van der Waals surface area contributed by atoms with Gasteiger partial charge in [-0.3, -0.25) is 14.2 Å². The largest absolute Gasteiger partial charge is 0.365 e. The van der Waals surface area contributed by atoms with Gasteiger partial charge >= 0.3 is 6.55 Å². The first kappa shape index (κ1) is 15.4. The van der Waals surface area contributed by atoms with Gasteiger partial charge in [0, 0.05) is 25.8 Å². The van der Waals surface area contributed by atoms with E-state index in [1.807, 2.05) is 0 Å². The number of nitrogens with zero attached hydrogens (tertiary/aromatic N) is 2. The summed E-state index contributed by atoms with van der Waals surface area (Å²) in [5, 5.41) is 2.56. The van der Waals surface area contributed by atoms with Crippen LogP contribution in [0.5, 0.6) is 0 Å². The van der Waals surface area contributed by atoms with Crippen molar-refractivity contribution in [2.45, 2.75) is 19.6 Å². The molecule has 2 amide bonds. The lowest BCUT2D eigenvalue weighted by Crippen LogP contribution is -2.48. The summed E-state index contributed by atoms with van der Waals surface area (Å²) in [5.41, 5.74) is 0.220. The third-order valence-electron chi connectivity index (χ3n) is 3.39. The Labute approximate surface area is 120 Å². The van der Waals surface area contributed by atoms with E-state index in [0.29, 0.717) is 16.8 Å². The topological polar surface area (TPSA) is 63.6 Å². The highest BCUT2D eigenvalue weighted by Crippen LogP contribution is 2.18. The average molecular weight is 301 g/mol. The Bertz CT molecular complexity index is 545. The predicted octanol–water partition coefficient (Wildman–Crippen LogP) is 0.779. The van der Waals surface area contributed by atoms with E-state index in [1.54, 1.807) is 7.05 Å². The Hall–Kier alpha value is -1.96. The summed E-state index contributed by atoms with van der Waals surface area (Å²) in [6.07, 6.45) is -0.340. The first-order valence-electron chi connectivity index (χ1n) is 6.50. The minimum absolute atomic E-state index is 0.0381. The molecule has 1 aromatic rings. The van der Waals surface area contributed by atoms with Crippen LogP contribution in [0.1, 0.15) is 22.7 Å². The molecule has 1 fully saturated rings. The zero-order valence-corrected chi connectivity index (χ0v) is 11.8. The molecule has 6 nitrogen and oxygen atoms in total. The molecule has 1 N–H and O–H groups in total. The molecule has 0 unspecified atom stereocenters. The Kier molecular flexibility index (Phi) is 4.56. The highest BCUT2D eigenvalue weighted by atomic mass is 19.3. The standard InChI is InChI=1S/C13H17F2N3O3/c1-8-3-4-10(18(8)13(14)15)12(20)16-5-9-6-17(2)11(19)7-21-9/h3-4,9,13H,5-7H2,1-2H3,(H,16,20)/t9-/m0/s1. The summed E-state index contributed by atoms with van der Waals surface area (Å²) in [6.45, 7) is -0.787. The quantitative estimate of drug-likeness (QED) is 0.894. The molecule has 0 aliphatic carbocycles. The molecule has 1 aliphatic rings. The van der Waals surface area contributed by atoms with Gasteiger partial charge in [-0.15, -0.1) is 0 Å². The molecule has 1 aromatic heterocycles. The van der Waals surface area contributed by atoms with E-state index in [2.05, 4.69) is 5.32 Å². The van der Waals surface area contributed by atoms with Gasteiger partial charge in [0.05, 0.1) is 6.10 Å². The number of hydrogen-bond acceptors (Lipinski definition) is 3. The zero-order valence-electron chi connectivity index (χ0n) is 11.8. The van der Waals surface area contributed by atoms with Crippen molar-refractivity contribution in [2.75, 3.05) is 26.7 Å². The van der Waals surface area contributed by atoms with Crippen molar-refractivity contribution < 1.29 is 23.1 Å². The average Bonchev–Trinajstić information content (AvgIpc) is 2.82. The molecular formula is C13H17F2N3O3. The molecule has 1 aliphatic heterocycles. The van der Waals surface area contributed by atoms with Crippen LogP contribution in [0.25, 0.3) is 0 Å². The van der Waals surface area contributed by atoms with Crippen molar-refractivity contribution in [2.24, 2.45) is 0 Å². The van der Waals surface area contributed by atoms with Gasteiger partial charge in [0.2, 0.25) is 5.91 Å². The van der Waals surface area contributed by atoms with Crippen molar-refractivity contribution in [3.63, 3.8) is 0 Å². The lowest BCUT2D eigenvalue weighted by molar-refractivity contribution is -0.146. The fourth-order valence-corrected chi connectivity index (χ4v) is 2.17. The molecule has 1 atom stereocenters. The van der Waals surface area contributed by atoms with E-state index >= 15 is 0 Å². The van der Waals surface area contributed by atoms with Gasteiger partial charge in [-0.05, 0) is 19.1 Å². The molecular weight excluding hydrogens is 284 g/mol. The molecule has 0 radical (unpaired) electrons. The van der Waals surface area contributed by atoms with Gasteiger partial charge in [0.25, 0.3) is 5.91 Å². The number of carbonyl (C=O) groups excluding carboxylic acids is 2. The summed E-state index contributed by atoms with van der Waals surface area (Å²) in [4.78, 5) is 24.7. The van der Waals surface area contributed by atoms with Gasteiger partial charge in [-0.25, -0.2) is 0 Å². The second-order valence-corrected chi connectivity index (χ2v) is 4.92. The van der Waals surface area contributed by atoms with Crippen molar-refractivity contribution in [1.82, 2.24) is 14.8 Å². The van der Waals surface area contributed by atoms with Crippen LogP contribution in [0.4, 0.5) is 8.78 Å². The number of nitrogens with one attached hydrogen (secondary N) is 1. The monoisotopic (exact) mass is 301 g/mol. The highest BCUT2D eigenvalue weighted by molar-refractivity contribution is 5.93. The molecule has 2 rings (SSSR count). The second-order valence-electron chi connectivity index (χ2n) is 4.92. The number of aryl methyl sites for hydroxylation is 1. The number of hydrogen-bond donors (Lipinski definition) is 1. The Morgan fingerprint density at radius 1 is 1.52 bits per heavy atom. The molecule has 21 heavy (non-hydrogen) atoms. The Morgan fingerprint density at radius 2 is 2.24 bits per heavy atom. The SMILES string of the molecule is Cc1ccc(C(=O)NC[C@H]2CN(C)C(=O)CO2)n1C(F)F. The molecule has 0 bridgehead atoms. The van der Waals surface area contributed by atoms with Crippen LogP contribution in [-0.2, 0) is 9.53 Å². The van der Waals surface area contributed by atoms with Crippen molar-refractivity contribution in [3.05, 3.63) is 23.5 Å². The normalized spacial score (nSPS) is 19.2. The summed E-state index contributed by atoms with van der Waals surface area (Å²) in [5.74, 6) is -0.716. The number of carbonyl (C=O) groups is 2. The van der Waals surface area contributed by atoms with Crippen molar-refractivity contribution in [1.29, 1.82) is 0 Å². The number of amides is 2. The van der Waals surface area contributed by atoms with Gasteiger partial charge < -0.3 is 15.0 Å². The van der Waals surface area contributed by atoms with Crippen LogP contribution in [0.3, 0.4) is 0 Å². The third-order valence-corrected chi connectivity index (χ3v) is 3.39. The van der Waals surface area contributed by atoms with E-state index in [9.17, 15) is 18.4 Å². The van der Waals surface area contributed by atoms with E-state index in [0.717, 1.165) is 0 Å². The number of halogens is 2. The lowest BCUT2D eigenvalue weighted by Gasteiger charge is -2.29. The van der Waals surface area contributed by atoms with Crippen LogP contribution in [0.15, 0.2) is 12.1 Å². The van der Waals surface area contributed by atoms with Gasteiger partial charge in [-0.2, -0.15) is 8.78 Å². The van der Waals surface area contributed by atoms with E-state index in [1.165, 1.54) is 24.0 Å². The molecule has 0 spiro atoms. The minimum atomic E-state index is -2.77. The minimum Gasteiger partial charge on any atom is -0.365 e. The van der Waals surface area contributed by atoms with Gasteiger partial charge in [0.1, 0.15) is 12.3 Å². The van der Waals surface area contributed by atoms with Gasteiger partial charge in [-0.1, -0.05) is 0 Å². The van der Waals surface area contributed by atoms with Crippen molar-refractivity contribution in [3.8, 4) is 0 Å². The molecule has 116 valence electrons. The molecule has 1 saturated heterocycles. The maximum Gasteiger partial charge on any atom is 0.319 e. The van der Waals surface area contributed by atoms with Gasteiger partial charge in [0.15, 0.2) is 0 Å². The first-order chi connectivity index (χ1) is 9.90. The number of likely N-dealkylation sites (N-methyl/N-ethyl adjacent to an activating group) is 1. The summed E-state index contributed by atoms with van der Waals surface area (Å²) < 4.78 is 31.7. The number of ether oxygens (including phenoxy) is 1. The summed E-state index contributed by atoms with van der Waals surface area (Å²) >= 11 is 0. The zero-order chi connectivity index (χ0) is 15.6. The van der Waals surface area contributed by atoms with E-state index in [-0.39, 0.29) is 30.9 Å². The van der Waals surface area contributed by atoms with Crippen molar-refractivity contribution >= 4 is 11.8 Å². The predicted molar refractivity (Wildman–Crippen MR) is 70.1 cm³/mol. The Balaban J connectivity index is 1.95. The fourth-order valence-electron chi connectivity index (χ4n) is 2.17. The maximum absolute atomic E-state index is 12.9. The maximum atomic E-state index is 12.9. The summed E-state index contributed by atoms with van der Waals surface area (Å²) in [7, 11) is 1.64. The Morgan fingerprint density at radius 3 is 2.86 bits per heavy atom. The van der Waals surface area contributed by atoms with Crippen LogP contribution in [0.2, 0.25) is 0 Å². The smallest absolute Gasteiger partial charge is 0.319 e. The summed E-state index contributed by atoms with van der Waals surface area (Å²) in [6, 6.07) is 2.82. The van der Waals surface area contributed by atoms with Crippen LogP contribution < -0.4 is 5.32 Å². The molecule has 2 heterocycles. The lowest BCUT2D eigenvalue weighted by atomic mass is 10.2. The van der Waals surface area contributed by atoms with Crippen LogP contribution >= 0.6 is 0 Å². The van der Waals surface area contributed by atoms with Crippen LogP contribution in [-0.4, -0.2) is 54.1 Å². The van der Waals surface area contributed by atoms with Crippen LogP contribution in [0, 0.1) is 6.92 Å². The number of aromatic nitrogens is 1. The number of alkyl halides is 2. The molecule has 0 saturated carbocycles. The second kappa shape index (κ2) is 6.21. The number of morpholine rings is 1. The van der Waals surface area contributed by atoms with E-state index < -0.39 is 12.5 Å². The fraction of sp³-hybridized carbons (Fsp3) is 0.538. The third kappa shape index (κ3) is 3.38. The van der Waals surface area contributed by atoms with E-state index in [4.69, 9.17) is 4.74 Å². The number of rotatable bonds is 4. The molecule has 0 aromatic carbocycles. The highest BCUT2D eigenvalue weighted by Gasteiger charge is 2.25. The first-order valence-corrected chi connectivity index (χ1v) is 6.50.